The third-order valence-corrected chi connectivity index (χ3v) is 4.89. The van der Waals surface area contributed by atoms with Crippen molar-refractivity contribution >= 4 is 5.97 Å². The van der Waals surface area contributed by atoms with Crippen LogP contribution in [0.4, 0.5) is 0 Å². The van der Waals surface area contributed by atoms with Crippen LogP contribution < -0.4 is 48.7 Å². The molecule has 2 rings (SSSR count). The maximum absolute atomic E-state index is 11.2. The Morgan fingerprint density at radius 1 is 0.900 bits per heavy atom. The molecular formula is C21H36Cl3MnN2O3. The fraction of sp³-hybridized carbons (Fsp3) is 0.667. The van der Waals surface area contributed by atoms with Gasteiger partial charge in [-0.1, -0.05) is 60.5 Å². The second-order valence-electron chi connectivity index (χ2n) is 9.34. The predicted molar refractivity (Wildman–Crippen MR) is 107 cm³/mol. The number of hydrogen-bond donors (Lipinski definition) is 4. The molecule has 2 unspecified atom stereocenters. The minimum absolute atomic E-state index is 0. The van der Waals surface area contributed by atoms with Gasteiger partial charge in [-0.2, -0.15) is 0 Å². The van der Waals surface area contributed by atoms with E-state index in [1.807, 2.05) is 47.6 Å². The minimum atomic E-state index is -1.09. The molecule has 176 valence electrons. The molecule has 1 aliphatic carbocycles. The van der Waals surface area contributed by atoms with Crippen LogP contribution in [0.15, 0.2) is 12.1 Å². The van der Waals surface area contributed by atoms with Gasteiger partial charge in [0.1, 0.15) is 11.3 Å². The van der Waals surface area contributed by atoms with Crippen molar-refractivity contribution in [3.63, 3.8) is 0 Å². The molecular weight excluding hydrogens is 490 g/mol. The average Bonchev–Trinajstić information content (AvgIpc) is 2.48. The van der Waals surface area contributed by atoms with E-state index in [0.29, 0.717) is 5.56 Å². The van der Waals surface area contributed by atoms with E-state index in [4.69, 9.17) is 11.5 Å². The van der Waals surface area contributed by atoms with Gasteiger partial charge in [-0.05, 0) is 35.3 Å². The van der Waals surface area contributed by atoms with E-state index in [1.54, 1.807) is 6.07 Å². The summed E-state index contributed by atoms with van der Waals surface area (Å²) in [6, 6.07) is 4.03. The number of phenols is 1. The Kier molecular flexibility index (Phi) is 18.3. The Balaban J connectivity index is -0.000000242. The summed E-state index contributed by atoms with van der Waals surface area (Å²) in [6.07, 6.45) is 4.80. The van der Waals surface area contributed by atoms with Gasteiger partial charge >= 0.3 is 23.0 Å². The normalized spacial score (nSPS) is 18.1. The summed E-state index contributed by atoms with van der Waals surface area (Å²) in [5.74, 6) is -1.22. The van der Waals surface area contributed by atoms with Gasteiger partial charge in [-0.3, -0.25) is 0 Å². The maximum atomic E-state index is 11.2. The van der Waals surface area contributed by atoms with Crippen molar-refractivity contribution < 1.29 is 69.3 Å². The molecule has 0 saturated heterocycles. The van der Waals surface area contributed by atoms with E-state index in [1.165, 1.54) is 12.8 Å². The topological polar surface area (TPSA) is 110 Å². The molecule has 0 spiro atoms. The molecule has 9 heteroatoms. The fourth-order valence-corrected chi connectivity index (χ4v) is 2.99. The number of hydrogen-bond acceptors (Lipinski definition) is 4. The van der Waals surface area contributed by atoms with Crippen LogP contribution in [-0.2, 0) is 27.9 Å². The van der Waals surface area contributed by atoms with Crippen molar-refractivity contribution in [1.82, 2.24) is 0 Å². The molecule has 0 heterocycles. The van der Waals surface area contributed by atoms with Crippen LogP contribution in [0, 0.1) is 0 Å². The first kappa shape index (κ1) is 37.1. The SMILES string of the molecule is CC(C)(C)c1cc(C(=O)O)c(O)c(C(C)(C)C)c1.NC1CCCCC1N.[Cl-].[Cl-].[Cl-].[Mn+3]. The Labute approximate surface area is 210 Å². The smallest absolute Gasteiger partial charge is 1.00 e. The number of carbonyl (C=O) groups is 1. The standard InChI is InChI=1S/C15H22O3.C6H14N2.3ClH.Mn/c1-14(2,3)9-7-10(13(17)18)12(16)11(8-9)15(4,5)6;7-5-3-1-2-4-6(5)8;;;;/h7-8,16H,1-6H3,(H,17,18);5-6H,1-4,7-8H2;3*1H;/q;;;;;+3/p-3. The average molecular weight is 526 g/mol. The van der Waals surface area contributed by atoms with Gasteiger partial charge in [0.2, 0.25) is 0 Å². The van der Waals surface area contributed by atoms with E-state index < -0.39 is 5.97 Å². The number of halogens is 3. The van der Waals surface area contributed by atoms with Crippen molar-refractivity contribution in [3.05, 3.63) is 28.8 Å². The van der Waals surface area contributed by atoms with Gasteiger partial charge in [-0.25, -0.2) is 4.79 Å². The molecule has 5 nitrogen and oxygen atoms in total. The zero-order valence-electron chi connectivity index (χ0n) is 18.6. The van der Waals surface area contributed by atoms with Crippen molar-refractivity contribution in [1.29, 1.82) is 0 Å². The van der Waals surface area contributed by atoms with Crippen LogP contribution >= 0.6 is 0 Å². The molecule has 6 N–H and O–H groups in total. The van der Waals surface area contributed by atoms with Gasteiger partial charge in [0.25, 0.3) is 0 Å². The number of rotatable bonds is 1. The first-order valence-corrected chi connectivity index (χ1v) is 9.37. The molecule has 0 bridgehead atoms. The molecule has 2 atom stereocenters. The number of aromatic hydroxyl groups is 1. The molecule has 1 saturated carbocycles. The molecule has 1 aliphatic rings. The van der Waals surface area contributed by atoms with E-state index in [-0.39, 0.29) is 88.5 Å². The van der Waals surface area contributed by atoms with Crippen LogP contribution in [0.3, 0.4) is 0 Å². The van der Waals surface area contributed by atoms with Crippen LogP contribution in [0.5, 0.6) is 5.75 Å². The molecule has 30 heavy (non-hydrogen) atoms. The van der Waals surface area contributed by atoms with Gasteiger partial charge in [-0.15, -0.1) is 0 Å². The predicted octanol–water partition coefficient (Wildman–Crippen LogP) is -5.09. The van der Waals surface area contributed by atoms with Crippen molar-refractivity contribution in [3.8, 4) is 5.75 Å². The quantitative estimate of drug-likeness (QED) is 0.275. The zero-order valence-corrected chi connectivity index (χ0v) is 22.1. The van der Waals surface area contributed by atoms with E-state index in [2.05, 4.69) is 0 Å². The Bertz CT molecular complexity index is 638. The maximum Gasteiger partial charge on any atom is 3.00 e. The van der Waals surface area contributed by atoms with Gasteiger partial charge in [0, 0.05) is 17.6 Å². The molecule has 1 aromatic carbocycles. The summed E-state index contributed by atoms with van der Waals surface area (Å²) >= 11 is 0. The van der Waals surface area contributed by atoms with E-state index in [0.717, 1.165) is 18.4 Å². The summed E-state index contributed by atoms with van der Waals surface area (Å²) in [6.45, 7) is 12.0. The number of benzene rings is 1. The minimum Gasteiger partial charge on any atom is -1.00 e. The Morgan fingerprint density at radius 3 is 1.57 bits per heavy atom. The summed E-state index contributed by atoms with van der Waals surface area (Å²) in [7, 11) is 0. The second-order valence-corrected chi connectivity index (χ2v) is 9.34. The summed E-state index contributed by atoms with van der Waals surface area (Å²) < 4.78 is 0. The summed E-state index contributed by atoms with van der Waals surface area (Å²) in [5, 5.41) is 19.3. The first-order valence-electron chi connectivity index (χ1n) is 9.37. The summed E-state index contributed by atoms with van der Waals surface area (Å²) in [4.78, 5) is 11.2. The monoisotopic (exact) mass is 524 g/mol. The van der Waals surface area contributed by atoms with Crippen LogP contribution in [0.2, 0.25) is 0 Å². The number of carboxylic acids is 1. The second kappa shape index (κ2) is 14.8. The van der Waals surface area contributed by atoms with Crippen LogP contribution in [0.25, 0.3) is 0 Å². The van der Waals surface area contributed by atoms with Gasteiger partial charge in [0.05, 0.1) is 0 Å². The zero-order chi connectivity index (χ0) is 20.3. The summed E-state index contributed by atoms with van der Waals surface area (Å²) in [5.41, 5.74) is 12.4. The van der Waals surface area contributed by atoms with E-state index in [9.17, 15) is 15.0 Å². The van der Waals surface area contributed by atoms with Gasteiger partial charge < -0.3 is 58.9 Å². The van der Waals surface area contributed by atoms with Crippen molar-refractivity contribution in [2.45, 2.75) is 90.1 Å². The Hall–Kier alpha value is -0.201. The molecule has 0 aliphatic heterocycles. The first-order chi connectivity index (χ1) is 11.7. The number of nitrogens with two attached hydrogens (primary N) is 2. The van der Waals surface area contributed by atoms with Crippen LogP contribution in [0.1, 0.15) is 88.7 Å². The third kappa shape index (κ3) is 10.9. The fourth-order valence-electron chi connectivity index (χ4n) is 2.99. The molecule has 0 aromatic heterocycles. The van der Waals surface area contributed by atoms with E-state index >= 15 is 0 Å². The van der Waals surface area contributed by atoms with Crippen LogP contribution in [-0.4, -0.2) is 28.3 Å². The van der Waals surface area contributed by atoms with Gasteiger partial charge in [0.15, 0.2) is 0 Å². The molecule has 1 fully saturated rings. The third-order valence-electron chi connectivity index (χ3n) is 4.89. The molecule has 0 amide bonds. The molecule has 0 radical (unpaired) electrons. The molecule has 1 aromatic rings. The van der Waals surface area contributed by atoms with Crippen molar-refractivity contribution in [2.24, 2.45) is 11.5 Å². The number of aromatic carboxylic acids is 1. The van der Waals surface area contributed by atoms with Crippen molar-refractivity contribution in [2.75, 3.05) is 0 Å². The number of carboxylic acid groups (broad SMARTS) is 1. The Morgan fingerprint density at radius 2 is 1.30 bits per heavy atom. The largest absolute Gasteiger partial charge is 3.00 e.